The van der Waals surface area contributed by atoms with E-state index in [4.69, 9.17) is 5.84 Å². The Morgan fingerprint density at radius 1 is 2.00 bits per heavy atom. The molecule has 0 aliphatic carbocycles. The number of quaternary nitrogens is 1. The van der Waals surface area contributed by atoms with Gasteiger partial charge in [-0.3, -0.25) is 4.79 Å². The van der Waals surface area contributed by atoms with Gasteiger partial charge in [-0.15, -0.1) is 0 Å². The van der Waals surface area contributed by atoms with Crippen molar-refractivity contribution in [3.63, 3.8) is 0 Å². The molecule has 78 valence electrons. The van der Waals surface area contributed by atoms with E-state index < -0.39 is 5.17 Å². The fraction of sp³-hybridized carbons (Fsp3) is 0.333. The topological polar surface area (TPSA) is 95.4 Å². The zero-order valence-electron chi connectivity index (χ0n) is 7.47. The lowest BCUT2D eigenvalue weighted by Crippen LogP contribution is -3.11. The van der Waals surface area contributed by atoms with Crippen LogP contribution < -0.4 is 11.0 Å². The average molecular weight is 218 g/mol. The molecule has 0 fully saturated rings. The highest BCUT2D eigenvalue weighted by atomic mass is 32.2. The van der Waals surface area contributed by atoms with Crippen LogP contribution in [0.5, 0.6) is 0 Å². The summed E-state index contributed by atoms with van der Waals surface area (Å²) in [6.07, 6.45) is 0.457. The summed E-state index contributed by atoms with van der Waals surface area (Å²) >= 11 is 0.995. The second-order valence-electron chi connectivity index (χ2n) is 2.28. The van der Waals surface area contributed by atoms with E-state index >= 15 is 0 Å². The van der Waals surface area contributed by atoms with Crippen molar-refractivity contribution in [2.24, 2.45) is 11.0 Å². The van der Waals surface area contributed by atoms with E-state index in [1.807, 2.05) is 0 Å². The smallest absolute Gasteiger partial charge is 0.205 e. The number of nitrogens with two attached hydrogens (primary N) is 1. The molecule has 1 aliphatic heterocycles. The summed E-state index contributed by atoms with van der Waals surface area (Å²) in [6.45, 7) is 2.05. The molecule has 1 rings (SSSR count). The third-order valence-electron chi connectivity index (χ3n) is 1.39. The van der Waals surface area contributed by atoms with Crippen LogP contribution in [0.1, 0.15) is 6.92 Å². The second-order valence-corrected chi connectivity index (χ2v) is 3.12. The number of hydrazine groups is 1. The van der Waals surface area contributed by atoms with Crippen molar-refractivity contribution in [2.45, 2.75) is 6.92 Å². The van der Waals surface area contributed by atoms with Crippen LogP contribution in [0.25, 0.3) is 0 Å². The van der Waals surface area contributed by atoms with Crippen molar-refractivity contribution in [1.82, 2.24) is 4.52 Å². The minimum atomic E-state index is -0.458. The monoisotopic (exact) mass is 218 g/mol. The summed E-state index contributed by atoms with van der Waals surface area (Å²) in [5, 5.41) is 15.8. The number of hydroxylamine groups is 1. The maximum absolute atomic E-state index is 11.3. The number of hydrogen-bond donors (Lipinski definition) is 2. The largest absolute Gasteiger partial charge is 0.606 e. The lowest BCUT2D eigenvalue weighted by atomic mass is 10.3. The first kappa shape index (κ1) is 11.1. The molecular weight excluding hydrogens is 208 g/mol. The summed E-state index contributed by atoms with van der Waals surface area (Å²) < 4.78 is 0.917. The van der Waals surface area contributed by atoms with Gasteiger partial charge in [0, 0.05) is 11.9 Å². The molecule has 0 saturated heterocycles. The molecule has 3 N–H and O–H groups in total. The van der Waals surface area contributed by atoms with Gasteiger partial charge in [-0.2, -0.15) is 0 Å². The van der Waals surface area contributed by atoms with Gasteiger partial charge in [-0.1, -0.05) is 5.16 Å². The SMILES string of the molecule is CCO/N=C(\C=O)C1=CSN(N)[NH+]1[O-]. The third kappa shape index (κ3) is 2.30. The molecule has 0 aromatic rings. The van der Waals surface area contributed by atoms with Gasteiger partial charge >= 0.3 is 0 Å². The molecule has 0 spiro atoms. The van der Waals surface area contributed by atoms with Crippen molar-refractivity contribution >= 4 is 23.9 Å². The first-order chi connectivity index (χ1) is 6.70. The molecule has 7 nitrogen and oxygen atoms in total. The molecule has 0 amide bonds. The molecule has 0 bridgehead atoms. The quantitative estimate of drug-likeness (QED) is 0.150. The van der Waals surface area contributed by atoms with Gasteiger partial charge in [0.05, 0.1) is 5.41 Å². The Hall–Kier alpha value is -0.930. The Morgan fingerprint density at radius 2 is 2.71 bits per heavy atom. The number of aldehydes is 1. The first-order valence-electron chi connectivity index (χ1n) is 3.82. The van der Waals surface area contributed by atoms with Gasteiger partial charge in [0.2, 0.25) is 5.71 Å². The number of rotatable bonds is 4. The molecule has 1 atom stereocenters. The number of allylic oxidation sites excluding steroid dienone is 1. The Balaban J connectivity index is 2.76. The van der Waals surface area contributed by atoms with E-state index in [1.165, 1.54) is 5.41 Å². The molecule has 0 radical (unpaired) electrons. The van der Waals surface area contributed by atoms with Gasteiger partial charge in [-0.25, -0.2) is 11.0 Å². The predicted molar refractivity (Wildman–Crippen MR) is 51.2 cm³/mol. The summed E-state index contributed by atoms with van der Waals surface area (Å²) in [6, 6.07) is 0. The average Bonchev–Trinajstić information content (AvgIpc) is 2.51. The summed E-state index contributed by atoms with van der Waals surface area (Å²) in [4.78, 5) is 15.3. The lowest BCUT2D eigenvalue weighted by Gasteiger charge is -2.21. The number of nitrogens with one attached hydrogen (secondary N) is 1. The fourth-order valence-electron chi connectivity index (χ4n) is 0.765. The third-order valence-corrected chi connectivity index (χ3v) is 2.13. The Kier molecular flexibility index (Phi) is 4.04. The van der Waals surface area contributed by atoms with Crippen LogP contribution in [0.3, 0.4) is 0 Å². The van der Waals surface area contributed by atoms with Gasteiger partial charge < -0.3 is 10.0 Å². The number of oxime groups is 1. The van der Waals surface area contributed by atoms with Crippen molar-refractivity contribution in [3.8, 4) is 0 Å². The standard InChI is InChI=1S/C6H10N4O3S/c1-2-13-8-5(3-11)6-4-14-10(7)9(6)12/h3-4,9H,2,7H2,1H3/b8-5+. The number of carbonyl (C=O) groups excluding carboxylic acids is 1. The maximum Gasteiger partial charge on any atom is 0.205 e. The summed E-state index contributed by atoms with van der Waals surface area (Å²) in [5.41, 5.74) is 0.109. The van der Waals surface area contributed by atoms with Crippen molar-refractivity contribution in [2.75, 3.05) is 6.61 Å². The molecular formula is C6H10N4O3S. The van der Waals surface area contributed by atoms with E-state index in [0.29, 0.717) is 12.9 Å². The highest BCUT2D eigenvalue weighted by Crippen LogP contribution is 2.10. The minimum absolute atomic E-state index is 0.0442. The number of hydrogen-bond acceptors (Lipinski definition) is 7. The van der Waals surface area contributed by atoms with Crippen LogP contribution in [0.15, 0.2) is 16.3 Å². The molecule has 1 unspecified atom stereocenters. The van der Waals surface area contributed by atoms with Gasteiger partial charge in [-0.05, 0) is 11.4 Å². The Morgan fingerprint density at radius 3 is 3.14 bits per heavy atom. The molecule has 0 saturated carbocycles. The van der Waals surface area contributed by atoms with Crippen LogP contribution in [0.2, 0.25) is 0 Å². The summed E-state index contributed by atoms with van der Waals surface area (Å²) in [5.74, 6) is 5.27. The van der Waals surface area contributed by atoms with Crippen LogP contribution in [-0.4, -0.2) is 23.1 Å². The van der Waals surface area contributed by atoms with Gasteiger partial charge in [0.15, 0.2) is 12.0 Å². The van der Waals surface area contributed by atoms with Crippen molar-refractivity contribution in [3.05, 3.63) is 16.3 Å². The first-order valence-corrected chi connectivity index (χ1v) is 4.66. The highest BCUT2D eigenvalue weighted by molar-refractivity contribution is 7.99. The highest BCUT2D eigenvalue weighted by Gasteiger charge is 2.26. The van der Waals surface area contributed by atoms with Gasteiger partial charge in [0.25, 0.3) is 0 Å². The molecule has 14 heavy (non-hydrogen) atoms. The summed E-state index contributed by atoms with van der Waals surface area (Å²) in [7, 11) is 0. The molecule has 1 heterocycles. The number of carbonyl (C=O) groups is 1. The van der Waals surface area contributed by atoms with Crippen LogP contribution >= 0.6 is 11.9 Å². The second kappa shape index (κ2) is 5.08. The van der Waals surface area contributed by atoms with E-state index in [0.717, 1.165) is 16.5 Å². The number of nitrogens with zero attached hydrogens (tertiary/aromatic N) is 2. The molecule has 8 heteroatoms. The molecule has 0 aromatic carbocycles. The van der Waals surface area contributed by atoms with Crippen LogP contribution in [-0.2, 0) is 9.63 Å². The molecule has 1 aliphatic rings. The normalized spacial score (nSPS) is 23.5. The van der Waals surface area contributed by atoms with Gasteiger partial charge in [0.1, 0.15) is 6.61 Å². The molecule has 0 aromatic heterocycles. The van der Waals surface area contributed by atoms with E-state index in [9.17, 15) is 10.0 Å². The zero-order valence-corrected chi connectivity index (χ0v) is 8.28. The van der Waals surface area contributed by atoms with Crippen molar-refractivity contribution in [1.29, 1.82) is 0 Å². The van der Waals surface area contributed by atoms with Crippen LogP contribution in [0.4, 0.5) is 0 Å². The van der Waals surface area contributed by atoms with E-state index in [2.05, 4.69) is 9.99 Å². The predicted octanol–water partition coefficient (Wildman–Crippen LogP) is -1.45. The zero-order chi connectivity index (χ0) is 10.6. The minimum Gasteiger partial charge on any atom is -0.606 e. The van der Waals surface area contributed by atoms with Crippen molar-refractivity contribution < 1.29 is 14.8 Å². The van der Waals surface area contributed by atoms with Crippen LogP contribution in [0, 0.1) is 5.21 Å². The van der Waals surface area contributed by atoms with E-state index in [1.54, 1.807) is 6.92 Å². The fourth-order valence-corrected chi connectivity index (χ4v) is 1.40. The Bertz CT molecular complexity index is 280. The maximum atomic E-state index is 11.3. The van der Waals surface area contributed by atoms with E-state index in [-0.39, 0.29) is 11.4 Å². The Labute approximate surface area is 84.8 Å². The lowest BCUT2D eigenvalue weighted by molar-refractivity contribution is -0.905.